The van der Waals surface area contributed by atoms with E-state index in [1.807, 2.05) is 25.1 Å². The van der Waals surface area contributed by atoms with Gasteiger partial charge in [0.15, 0.2) is 0 Å². The molecule has 13 nitrogen and oxygen atoms in total. The van der Waals surface area contributed by atoms with Crippen molar-refractivity contribution in [2.75, 3.05) is 59.6 Å². The van der Waals surface area contributed by atoms with Crippen molar-refractivity contribution >= 4 is 34.8 Å². The first-order chi connectivity index (χ1) is 28.0. The number of aromatic nitrogens is 2. The molecular formula is C44H58ClN5O8. The summed E-state index contributed by atoms with van der Waals surface area (Å²) in [5, 5.41) is 19.7. The highest BCUT2D eigenvalue weighted by molar-refractivity contribution is 6.30. The molecule has 2 amide bonds. The lowest BCUT2D eigenvalue weighted by atomic mass is 9.69. The predicted molar refractivity (Wildman–Crippen MR) is 222 cm³/mol. The fraction of sp³-hybridized carbons (Fsp3) is 0.591. The summed E-state index contributed by atoms with van der Waals surface area (Å²) in [6, 6.07) is 11.1. The predicted octanol–water partition coefficient (Wildman–Crippen LogP) is 5.89. The van der Waals surface area contributed by atoms with Gasteiger partial charge in [0.05, 0.1) is 57.0 Å². The van der Waals surface area contributed by atoms with Crippen LogP contribution >= 0.6 is 11.6 Å². The van der Waals surface area contributed by atoms with Gasteiger partial charge in [0.25, 0.3) is 11.8 Å². The van der Waals surface area contributed by atoms with Crippen LogP contribution in [0.4, 0.5) is 5.69 Å². The fourth-order valence-electron chi connectivity index (χ4n) is 9.63. The molecule has 0 radical (unpaired) electrons. The summed E-state index contributed by atoms with van der Waals surface area (Å²) in [6.07, 6.45) is 6.78. The van der Waals surface area contributed by atoms with Gasteiger partial charge in [-0.15, -0.1) is 5.10 Å². The van der Waals surface area contributed by atoms with Crippen molar-refractivity contribution in [3.05, 3.63) is 69.9 Å². The number of carbonyl (C=O) groups excluding carboxylic acids is 2. The first-order valence-corrected chi connectivity index (χ1v) is 21.0. The van der Waals surface area contributed by atoms with Gasteiger partial charge in [0, 0.05) is 69.0 Å². The lowest BCUT2D eigenvalue weighted by Gasteiger charge is -2.45. The number of amides is 2. The number of fused-ring (bicyclic) bond motifs is 5. The highest BCUT2D eigenvalue weighted by Crippen LogP contribution is 2.45. The van der Waals surface area contributed by atoms with Crippen LogP contribution < -0.4 is 19.7 Å². The second kappa shape index (κ2) is 18.5. The van der Waals surface area contributed by atoms with Crippen LogP contribution in [0.25, 0.3) is 0 Å². The Hall–Kier alpha value is -4.01. The first kappa shape index (κ1) is 42.1. The lowest BCUT2D eigenvalue weighted by Crippen LogP contribution is -2.48. The minimum absolute atomic E-state index is 0.0271. The normalized spacial score (nSPS) is 28.6. The van der Waals surface area contributed by atoms with Gasteiger partial charge in [-0.05, 0) is 98.2 Å². The van der Waals surface area contributed by atoms with Crippen LogP contribution in [-0.2, 0) is 27.7 Å². The molecule has 3 aliphatic carbocycles. The van der Waals surface area contributed by atoms with Gasteiger partial charge in [-0.2, -0.15) is 0 Å². The van der Waals surface area contributed by atoms with Gasteiger partial charge in [-0.25, -0.2) is 4.99 Å². The van der Waals surface area contributed by atoms with E-state index in [9.17, 15) is 14.7 Å². The molecule has 14 heteroatoms. The van der Waals surface area contributed by atoms with Crippen LogP contribution in [0, 0.1) is 23.7 Å². The maximum absolute atomic E-state index is 14.1. The van der Waals surface area contributed by atoms with Crippen LogP contribution in [0.2, 0.25) is 5.02 Å². The average Bonchev–Trinajstić information content (AvgIpc) is 3.65. The molecule has 0 spiro atoms. The van der Waals surface area contributed by atoms with Crippen LogP contribution in [0.1, 0.15) is 83.2 Å². The summed E-state index contributed by atoms with van der Waals surface area (Å²) in [5.41, 5.74) is 4.42. The minimum Gasteiger partial charge on any atom is -0.495 e. The summed E-state index contributed by atoms with van der Waals surface area (Å²) >= 11 is 6.45. The number of benzene rings is 2. The standard InChI is InChI=1S/C44H58ClN5O8/c1-25-35(58-19-18-54-3)16-17-36(55-4)32-13-10-29(32)23-50(22-28-9-7-8-26-20-30(45)12-14-31(26)28)34-21-27(11-15-37(34)56-5)42(52)47-40-38(41(40)51)39(25)46-43(53)33-24-49(2)48-44(33)57-6/h11-12,14-15,20-21,24-25,28-29,32,35-36,38-39,41,51H,7-10,13,16-19,22-23H2,1-6H3,(H,46,53)/t25-,28-,29-,32+,35?,36-,38?,39?,41?/m0/s1. The number of aliphatic hydroxyl groups is 1. The smallest absolute Gasteiger partial charge is 0.277 e. The molecule has 9 atom stereocenters. The molecule has 2 bridgehead atoms. The summed E-state index contributed by atoms with van der Waals surface area (Å²) in [4.78, 5) is 35.0. The highest BCUT2D eigenvalue weighted by atomic mass is 35.5. The summed E-state index contributed by atoms with van der Waals surface area (Å²) < 4.78 is 31.1. The van der Waals surface area contributed by atoms with Gasteiger partial charge in [0.1, 0.15) is 17.4 Å². The largest absolute Gasteiger partial charge is 0.495 e. The Morgan fingerprint density at radius 2 is 1.81 bits per heavy atom. The Morgan fingerprint density at radius 3 is 2.53 bits per heavy atom. The van der Waals surface area contributed by atoms with Crippen molar-refractivity contribution in [2.24, 2.45) is 35.7 Å². The number of aryl methyl sites for hydroxylation is 2. The number of nitrogens with one attached hydrogen (secondary N) is 1. The van der Waals surface area contributed by atoms with E-state index in [0.717, 1.165) is 62.3 Å². The molecule has 7 rings (SSSR count). The van der Waals surface area contributed by atoms with E-state index in [2.05, 4.69) is 32.4 Å². The van der Waals surface area contributed by atoms with Crippen molar-refractivity contribution in [3.63, 3.8) is 0 Å². The Labute approximate surface area is 346 Å². The maximum Gasteiger partial charge on any atom is 0.277 e. The molecule has 58 heavy (non-hydrogen) atoms. The number of hydrogen-bond acceptors (Lipinski definition) is 10. The van der Waals surface area contributed by atoms with Gasteiger partial charge >= 0.3 is 0 Å². The van der Waals surface area contributed by atoms with E-state index in [4.69, 9.17) is 35.3 Å². The third-order valence-electron chi connectivity index (χ3n) is 13.0. The second-order valence-corrected chi connectivity index (χ2v) is 16.8. The van der Waals surface area contributed by atoms with E-state index in [1.54, 1.807) is 40.6 Å². The van der Waals surface area contributed by atoms with Gasteiger partial charge < -0.3 is 39.0 Å². The van der Waals surface area contributed by atoms with E-state index >= 15 is 0 Å². The number of carbonyl (C=O) groups is 2. The van der Waals surface area contributed by atoms with Crippen molar-refractivity contribution in [3.8, 4) is 11.6 Å². The number of aliphatic hydroxyl groups excluding tert-OH is 1. The number of nitrogens with zero attached hydrogens (tertiary/aromatic N) is 4. The van der Waals surface area contributed by atoms with E-state index in [1.165, 1.54) is 22.9 Å². The number of halogens is 1. The molecule has 2 heterocycles. The molecular weight excluding hydrogens is 762 g/mol. The number of anilines is 1. The van der Waals surface area contributed by atoms with Crippen molar-refractivity contribution in [1.82, 2.24) is 15.1 Å². The molecule has 0 saturated heterocycles. The van der Waals surface area contributed by atoms with Gasteiger partial charge in [-0.3, -0.25) is 14.3 Å². The summed E-state index contributed by atoms with van der Waals surface area (Å²) in [5.74, 6) is -0.0463. The first-order valence-electron chi connectivity index (χ1n) is 20.6. The second-order valence-electron chi connectivity index (χ2n) is 16.4. The van der Waals surface area contributed by atoms with Gasteiger partial charge in [-0.1, -0.05) is 24.6 Å². The Bertz CT molecular complexity index is 1970. The van der Waals surface area contributed by atoms with E-state index < -0.39 is 29.9 Å². The Kier molecular flexibility index (Phi) is 13.4. The summed E-state index contributed by atoms with van der Waals surface area (Å²) in [6.45, 7) is 4.27. The molecule has 314 valence electrons. The van der Waals surface area contributed by atoms with E-state index in [-0.39, 0.29) is 35.5 Å². The molecule has 4 aliphatic rings. The number of hydrogen-bond donors (Lipinski definition) is 2. The van der Waals surface area contributed by atoms with Crippen LogP contribution in [-0.4, -0.2) is 112 Å². The molecule has 3 aromatic rings. The third kappa shape index (κ3) is 8.94. The third-order valence-corrected chi connectivity index (χ3v) is 13.2. The number of rotatable bonds is 11. The number of aliphatic imine (C=N–C) groups is 1. The maximum atomic E-state index is 14.1. The van der Waals surface area contributed by atoms with Crippen molar-refractivity contribution in [2.45, 2.75) is 82.1 Å². The van der Waals surface area contributed by atoms with Gasteiger partial charge in [0.2, 0.25) is 5.88 Å². The van der Waals surface area contributed by atoms with Crippen LogP contribution in [0.15, 0.2) is 47.6 Å². The minimum atomic E-state index is -1.04. The Balaban J connectivity index is 1.27. The SMILES string of the molecule is COCCOC1CC[C@H](OC)[C@@H]2CC[C@H]2CN(C[C@@H]2CCCc3cc(Cl)ccc32)c2cc(ccc2OC)C(=O)N=C2C(O)C2C(NC(=O)c2cn(C)nc2OC)[C@H]1C. The summed E-state index contributed by atoms with van der Waals surface area (Å²) in [7, 11) is 8.26. The topological polar surface area (TPSA) is 146 Å². The average molecular weight is 820 g/mol. The monoisotopic (exact) mass is 819 g/mol. The molecule has 1 aromatic heterocycles. The Morgan fingerprint density at radius 1 is 1.00 bits per heavy atom. The van der Waals surface area contributed by atoms with Crippen molar-refractivity contribution < 1.29 is 38.4 Å². The fourth-order valence-corrected chi connectivity index (χ4v) is 9.83. The zero-order chi connectivity index (χ0) is 41.1. The molecule has 1 aliphatic heterocycles. The number of methoxy groups -OCH3 is 4. The van der Waals surface area contributed by atoms with Crippen LogP contribution in [0.5, 0.6) is 11.6 Å². The number of ether oxygens (including phenoxy) is 5. The quantitative estimate of drug-likeness (QED) is 0.225. The molecule has 2 N–H and O–H groups in total. The molecule has 2 saturated carbocycles. The zero-order valence-corrected chi connectivity index (χ0v) is 35.2. The molecule has 2 aromatic carbocycles. The lowest BCUT2D eigenvalue weighted by molar-refractivity contribution is -0.0532. The molecule has 2 fully saturated rings. The van der Waals surface area contributed by atoms with E-state index in [0.29, 0.717) is 48.5 Å². The zero-order valence-electron chi connectivity index (χ0n) is 34.5. The highest BCUT2D eigenvalue weighted by Gasteiger charge is 2.54. The van der Waals surface area contributed by atoms with Crippen molar-refractivity contribution in [1.29, 1.82) is 0 Å². The molecule has 4 unspecified atom stereocenters. The van der Waals surface area contributed by atoms with Crippen LogP contribution in [0.3, 0.4) is 0 Å².